The third-order valence-corrected chi connectivity index (χ3v) is 4.86. The maximum atomic E-state index is 12.1. The van der Waals surface area contributed by atoms with E-state index in [4.69, 9.17) is 5.73 Å². The molecular formula is C14H23NO2S. The molecule has 0 heterocycles. The van der Waals surface area contributed by atoms with E-state index in [9.17, 15) is 8.42 Å². The van der Waals surface area contributed by atoms with Crippen LogP contribution in [-0.4, -0.2) is 20.2 Å². The summed E-state index contributed by atoms with van der Waals surface area (Å²) in [6, 6.07) is 6.85. The smallest absolute Gasteiger partial charge is 0.179 e. The van der Waals surface area contributed by atoms with Gasteiger partial charge in [-0.25, -0.2) is 8.42 Å². The first kappa shape index (κ1) is 15.2. The van der Waals surface area contributed by atoms with E-state index in [-0.39, 0.29) is 11.8 Å². The van der Waals surface area contributed by atoms with Crippen molar-refractivity contribution < 1.29 is 8.42 Å². The van der Waals surface area contributed by atoms with Crippen molar-refractivity contribution in [2.24, 2.45) is 5.73 Å². The van der Waals surface area contributed by atoms with Crippen LogP contribution in [0.5, 0.6) is 0 Å². The first-order valence-corrected chi connectivity index (χ1v) is 8.10. The largest absolute Gasteiger partial charge is 0.327 e. The van der Waals surface area contributed by atoms with E-state index < -0.39 is 9.84 Å². The lowest BCUT2D eigenvalue weighted by Gasteiger charge is -2.12. The van der Waals surface area contributed by atoms with Gasteiger partial charge in [0.15, 0.2) is 9.84 Å². The van der Waals surface area contributed by atoms with Crippen LogP contribution >= 0.6 is 0 Å². The molecule has 0 saturated carbocycles. The highest BCUT2D eigenvalue weighted by atomic mass is 32.2. The Kier molecular flexibility index (Phi) is 5.35. The van der Waals surface area contributed by atoms with Gasteiger partial charge >= 0.3 is 0 Å². The fourth-order valence-electron chi connectivity index (χ4n) is 1.89. The minimum Gasteiger partial charge on any atom is -0.327 e. The third kappa shape index (κ3) is 4.10. The van der Waals surface area contributed by atoms with Crippen LogP contribution in [0, 0.1) is 0 Å². The molecule has 0 aliphatic rings. The minimum absolute atomic E-state index is 0.0296. The zero-order chi connectivity index (χ0) is 13.8. The van der Waals surface area contributed by atoms with Crippen LogP contribution in [0.4, 0.5) is 0 Å². The lowest BCUT2D eigenvalue weighted by Crippen LogP contribution is -2.29. The second-order valence-corrected chi connectivity index (χ2v) is 7.09. The predicted octanol–water partition coefficient (Wildman–Crippen LogP) is 2.71. The minimum atomic E-state index is -3.25. The summed E-state index contributed by atoms with van der Waals surface area (Å²) in [4.78, 5) is 0.374. The van der Waals surface area contributed by atoms with Crippen molar-refractivity contribution >= 4 is 9.84 Å². The summed E-state index contributed by atoms with van der Waals surface area (Å²) < 4.78 is 24.2. The Bertz CT molecular complexity index is 463. The molecule has 0 spiro atoms. The quantitative estimate of drug-likeness (QED) is 0.863. The molecule has 2 N–H and O–H groups in total. The molecule has 0 saturated heterocycles. The van der Waals surface area contributed by atoms with E-state index >= 15 is 0 Å². The molecule has 0 bridgehead atoms. The van der Waals surface area contributed by atoms with Gasteiger partial charge in [0.05, 0.1) is 10.6 Å². The summed E-state index contributed by atoms with van der Waals surface area (Å²) in [7, 11) is -3.25. The molecule has 0 aliphatic carbocycles. The molecule has 18 heavy (non-hydrogen) atoms. The Balaban J connectivity index is 2.85. The van der Waals surface area contributed by atoms with Crippen LogP contribution in [0.1, 0.15) is 45.1 Å². The number of benzene rings is 1. The fourth-order valence-corrected chi connectivity index (χ4v) is 3.37. The van der Waals surface area contributed by atoms with Gasteiger partial charge in [-0.05, 0) is 30.0 Å². The molecule has 3 nitrogen and oxygen atoms in total. The molecule has 1 atom stereocenters. The van der Waals surface area contributed by atoms with Crippen LogP contribution in [0.3, 0.4) is 0 Å². The number of nitrogens with two attached hydrogens (primary N) is 1. The topological polar surface area (TPSA) is 60.2 Å². The molecule has 1 aromatic carbocycles. The second kappa shape index (κ2) is 6.34. The predicted molar refractivity (Wildman–Crippen MR) is 75.5 cm³/mol. The molecule has 0 aliphatic heterocycles. The SMILES string of the molecule is CCCC(N)CS(=O)(=O)c1ccc(C(C)C)cc1. The Morgan fingerprint density at radius 1 is 1.17 bits per heavy atom. The van der Waals surface area contributed by atoms with E-state index in [0.717, 1.165) is 18.4 Å². The van der Waals surface area contributed by atoms with E-state index in [1.165, 1.54) is 0 Å². The van der Waals surface area contributed by atoms with Crippen LogP contribution in [0.15, 0.2) is 29.2 Å². The fraction of sp³-hybridized carbons (Fsp3) is 0.571. The Labute approximate surface area is 110 Å². The summed E-state index contributed by atoms with van der Waals surface area (Å²) in [6.45, 7) is 6.17. The summed E-state index contributed by atoms with van der Waals surface area (Å²) >= 11 is 0. The van der Waals surface area contributed by atoms with Crippen molar-refractivity contribution in [3.8, 4) is 0 Å². The molecule has 1 rings (SSSR count). The maximum absolute atomic E-state index is 12.1. The molecule has 1 aromatic rings. The first-order valence-electron chi connectivity index (χ1n) is 6.45. The van der Waals surface area contributed by atoms with Crippen LogP contribution < -0.4 is 5.73 Å². The Morgan fingerprint density at radius 3 is 2.17 bits per heavy atom. The normalized spacial score (nSPS) is 13.8. The van der Waals surface area contributed by atoms with Crippen LogP contribution in [-0.2, 0) is 9.84 Å². The number of rotatable bonds is 6. The van der Waals surface area contributed by atoms with E-state index in [1.54, 1.807) is 12.1 Å². The van der Waals surface area contributed by atoms with Crippen LogP contribution in [0.25, 0.3) is 0 Å². The van der Waals surface area contributed by atoms with Gasteiger partial charge in [0.25, 0.3) is 0 Å². The molecule has 0 fully saturated rings. The zero-order valence-electron chi connectivity index (χ0n) is 11.4. The number of hydrogen-bond donors (Lipinski definition) is 1. The number of hydrogen-bond acceptors (Lipinski definition) is 3. The summed E-state index contributed by atoms with van der Waals surface area (Å²) in [5.74, 6) is 0.436. The summed E-state index contributed by atoms with van der Waals surface area (Å²) in [5, 5.41) is 0. The molecular weight excluding hydrogens is 246 g/mol. The highest BCUT2D eigenvalue weighted by Gasteiger charge is 2.18. The van der Waals surface area contributed by atoms with Crippen molar-refractivity contribution in [3.63, 3.8) is 0 Å². The van der Waals surface area contributed by atoms with Crippen molar-refractivity contribution in [1.29, 1.82) is 0 Å². The zero-order valence-corrected chi connectivity index (χ0v) is 12.2. The van der Waals surface area contributed by atoms with Gasteiger partial charge < -0.3 is 5.73 Å². The first-order chi connectivity index (χ1) is 8.36. The molecule has 0 amide bonds. The summed E-state index contributed by atoms with van der Waals surface area (Å²) in [6.07, 6.45) is 1.65. The average Bonchev–Trinajstić information content (AvgIpc) is 2.28. The van der Waals surface area contributed by atoms with Gasteiger partial charge in [-0.1, -0.05) is 39.3 Å². The summed E-state index contributed by atoms with van der Waals surface area (Å²) in [5.41, 5.74) is 6.95. The van der Waals surface area contributed by atoms with Crippen molar-refractivity contribution in [2.45, 2.75) is 50.5 Å². The lowest BCUT2D eigenvalue weighted by molar-refractivity contribution is 0.577. The lowest BCUT2D eigenvalue weighted by atomic mass is 10.0. The van der Waals surface area contributed by atoms with E-state index in [2.05, 4.69) is 13.8 Å². The molecule has 102 valence electrons. The molecule has 0 aromatic heterocycles. The van der Waals surface area contributed by atoms with Gasteiger partial charge in [0.2, 0.25) is 0 Å². The Morgan fingerprint density at radius 2 is 1.72 bits per heavy atom. The third-order valence-electron chi connectivity index (χ3n) is 3.00. The molecule has 4 heteroatoms. The van der Waals surface area contributed by atoms with E-state index in [1.807, 2.05) is 19.1 Å². The Hall–Kier alpha value is -0.870. The number of sulfone groups is 1. The van der Waals surface area contributed by atoms with Gasteiger partial charge in [0.1, 0.15) is 0 Å². The van der Waals surface area contributed by atoms with Gasteiger partial charge in [-0.15, -0.1) is 0 Å². The van der Waals surface area contributed by atoms with Gasteiger partial charge in [-0.2, -0.15) is 0 Å². The van der Waals surface area contributed by atoms with Gasteiger partial charge in [-0.3, -0.25) is 0 Å². The van der Waals surface area contributed by atoms with Crippen molar-refractivity contribution in [1.82, 2.24) is 0 Å². The highest BCUT2D eigenvalue weighted by molar-refractivity contribution is 7.91. The monoisotopic (exact) mass is 269 g/mol. The van der Waals surface area contributed by atoms with Crippen molar-refractivity contribution in [3.05, 3.63) is 29.8 Å². The van der Waals surface area contributed by atoms with Gasteiger partial charge in [0, 0.05) is 6.04 Å². The van der Waals surface area contributed by atoms with Crippen LogP contribution in [0.2, 0.25) is 0 Å². The highest BCUT2D eigenvalue weighted by Crippen LogP contribution is 2.18. The van der Waals surface area contributed by atoms with E-state index in [0.29, 0.717) is 10.8 Å². The standard InChI is InChI=1S/C14H23NO2S/c1-4-5-13(15)10-18(16,17)14-8-6-12(7-9-14)11(2)3/h6-9,11,13H,4-5,10,15H2,1-3H3. The molecule has 1 unspecified atom stereocenters. The molecule has 0 radical (unpaired) electrons. The second-order valence-electron chi connectivity index (χ2n) is 5.05. The average molecular weight is 269 g/mol. The van der Waals surface area contributed by atoms with Crippen molar-refractivity contribution in [2.75, 3.05) is 5.75 Å². The maximum Gasteiger partial charge on any atom is 0.179 e.